The minimum absolute atomic E-state index is 0.230. The molecular formula is C9H20O2. The first-order valence-corrected chi connectivity index (χ1v) is 4.44. The van der Waals surface area contributed by atoms with Crippen molar-refractivity contribution < 1.29 is 9.84 Å². The summed E-state index contributed by atoms with van der Waals surface area (Å²) in [5, 5.41) is 9.46. The Bertz CT molecular complexity index is 99.7. The average molecular weight is 160 g/mol. The van der Waals surface area contributed by atoms with Gasteiger partial charge in [0.05, 0.1) is 11.7 Å². The van der Waals surface area contributed by atoms with Crippen LogP contribution in [0.2, 0.25) is 0 Å². The molecule has 0 aromatic rings. The predicted molar refractivity (Wildman–Crippen MR) is 46.6 cm³/mol. The van der Waals surface area contributed by atoms with E-state index in [0.29, 0.717) is 6.61 Å². The van der Waals surface area contributed by atoms with Gasteiger partial charge in [-0.25, -0.2) is 0 Å². The summed E-state index contributed by atoms with van der Waals surface area (Å²) in [6.07, 6.45) is 1.78. The van der Waals surface area contributed by atoms with Crippen molar-refractivity contribution in [2.24, 2.45) is 0 Å². The van der Waals surface area contributed by atoms with Gasteiger partial charge in [-0.2, -0.15) is 0 Å². The molecule has 0 aromatic carbocycles. The molecule has 0 aromatic heterocycles. The molecule has 0 radical (unpaired) electrons. The third kappa shape index (κ3) is 4.38. The van der Waals surface area contributed by atoms with E-state index in [2.05, 4.69) is 0 Å². The highest BCUT2D eigenvalue weighted by Crippen LogP contribution is 2.23. The summed E-state index contributed by atoms with van der Waals surface area (Å²) >= 11 is 0. The van der Waals surface area contributed by atoms with Crippen LogP contribution in [0.1, 0.15) is 40.5 Å². The van der Waals surface area contributed by atoms with Crippen molar-refractivity contribution in [2.45, 2.75) is 52.2 Å². The molecular weight excluding hydrogens is 140 g/mol. The third-order valence-corrected chi connectivity index (χ3v) is 1.77. The maximum absolute atomic E-state index is 9.46. The molecule has 2 heteroatoms. The molecule has 2 atom stereocenters. The van der Waals surface area contributed by atoms with Gasteiger partial charge in [0.1, 0.15) is 0 Å². The van der Waals surface area contributed by atoms with Crippen molar-refractivity contribution in [2.75, 3.05) is 6.61 Å². The molecule has 0 spiro atoms. The van der Waals surface area contributed by atoms with Crippen LogP contribution in [-0.2, 0) is 4.74 Å². The first-order chi connectivity index (χ1) is 5.10. The number of hydrogen-bond acceptors (Lipinski definition) is 2. The summed E-state index contributed by atoms with van der Waals surface area (Å²) in [6.45, 7) is 8.56. The minimum atomic E-state index is -0.475. The number of aliphatic hydroxyl groups is 1. The molecule has 0 aliphatic carbocycles. The fraction of sp³-hybridized carbons (Fsp3) is 1.00. The van der Waals surface area contributed by atoms with Crippen LogP contribution in [0.15, 0.2) is 0 Å². The van der Waals surface area contributed by atoms with Crippen molar-refractivity contribution >= 4 is 0 Å². The maximum Gasteiger partial charge on any atom is 0.0666 e. The van der Waals surface area contributed by atoms with Gasteiger partial charge in [0.15, 0.2) is 0 Å². The lowest BCUT2D eigenvalue weighted by Gasteiger charge is -2.32. The van der Waals surface area contributed by atoms with E-state index < -0.39 is 5.60 Å². The van der Waals surface area contributed by atoms with E-state index in [0.717, 1.165) is 12.8 Å². The largest absolute Gasteiger partial charge is 0.390 e. The van der Waals surface area contributed by atoms with E-state index in [1.807, 2.05) is 27.7 Å². The Morgan fingerprint density at radius 2 is 2.00 bits per heavy atom. The molecule has 2 nitrogen and oxygen atoms in total. The second-order valence-corrected chi connectivity index (χ2v) is 3.13. The van der Waals surface area contributed by atoms with Crippen LogP contribution >= 0.6 is 0 Å². The molecule has 1 saturated heterocycles. The molecule has 1 heterocycles. The van der Waals surface area contributed by atoms with Gasteiger partial charge in [-0.1, -0.05) is 13.8 Å². The Kier molecular flexibility index (Phi) is 4.69. The second kappa shape index (κ2) is 4.73. The summed E-state index contributed by atoms with van der Waals surface area (Å²) in [5.74, 6) is 0. The van der Waals surface area contributed by atoms with Crippen molar-refractivity contribution in [3.8, 4) is 0 Å². The van der Waals surface area contributed by atoms with Gasteiger partial charge >= 0.3 is 0 Å². The van der Waals surface area contributed by atoms with Crippen LogP contribution in [-0.4, -0.2) is 23.4 Å². The molecule has 0 bridgehead atoms. The topological polar surface area (TPSA) is 29.5 Å². The molecule has 0 saturated carbocycles. The Balaban J connectivity index is 0.000000461. The zero-order valence-corrected chi connectivity index (χ0v) is 8.05. The highest BCUT2D eigenvalue weighted by Gasteiger charge is 2.27. The van der Waals surface area contributed by atoms with Gasteiger partial charge in [0.2, 0.25) is 0 Å². The van der Waals surface area contributed by atoms with E-state index in [1.165, 1.54) is 0 Å². The van der Waals surface area contributed by atoms with E-state index in [4.69, 9.17) is 4.74 Å². The van der Waals surface area contributed by atoms with Gasteiger partial charge in [0, 0.05) is 13.0 Å². The fourth-order valence-corrected chi connectivity index (χ4v) is 1.26. The monoisotopic (exact) mass is 160 g/mol. The normalized spacial score (nSPS) is 37.4. The lowest BCUT2D eigenvalue weighted by atomic mass is 9.93. The Morgan fingerprint density at radius 3 is 2.27 bits per heavy atom. The lowest BCUT2D eigenvalue weighted by molar-refractivity contribution is -0.0865. The van der Waals surface area contributed by atoms with Crippen LogP contribution in [0.3, 0.4) is 0 Å². The quantitative estimate of drug-likeness (QED) is 0.587. The molecule has 0 amide bonds. The number of rotatable bonds is 0. The van der Waals surface area contributed by atoms with E-state index in [1.54, 1.807) is 0 Å². The van der Waals surface area contributed by atoms with Gasteiger partial charge in [-0.05, 0) is 20.3 Å². The smallest absolute Gasteiger partial charge is 0.0666 e. The van der Waals surface area contributed by atoms with Crippen LogP contribution in [0, 0.1) is 0 Å². The van der Waals surface area contributed by atoms with Gasteiger partial charge in [0.25, 0.3) is 0 Å². The van der Waals surface area contributed by atoms with Crippen LogP contribution in [0.5, 0.6) is 0 Å². The predicted octanol–water partition coefficient (Wildman–Crippen LogP) is 1.96. The summed E-state index contributed by atoms with van der Waals surface area (Å²) < 4.78 is 5.25. The standard InChI is InChI=1S/C7H14O2.C2H6/c1-6-5-7(2,8)3-4-9-6;1-2/h6,8H,3-5H2,1-2H3;1-2H3/t6-,7?;/m1./s1. The minimum Gasteiger partial charge on any atom is -0.390 e. The zero-order valence-electron chi connectivity index (χ0n) is 8.05. The molecule has 1 aliphatic rings. The van der Waals surface area contributed by atoms with Crippen LogP contribution < -0.4 is 0 Å². The molecule has 1 fully saturated rings. The summed E-state index contributed by atoms with van der Waals surface area (Å²) in [4.78, 5) is 0. The summed E-state index contributed by atoms with van der Waals surface area (Å²) in [5.41, 5.74) is -0.475. The van der Waals surface area contributed by atoms with Crippen molar-refractivity contribution in [3.05, 3.63) is 0 Å². The second-order valence-electron chi connectivity index (χ2n) is 3.13. The summed E-state index contributed by atoms with van der Waals surface area (Å²) in [6, 6.07) is 0. The van der Waals surface area contributed by atoms with Crippen LogP contribution in [0.4, 0.5) is 0 Å². The van der Waals surface area contributed by atoms with Crippen molar-refractivity contribution in [3.63, 3.8) is 0 Å². The lowest BCUT2D eigenvalue weighted by Crippen LogP contribution is -2.36. The molecule has 1 aliphatic heterocycles. The maximum atomic E-state index is 9.46. The Labute approximate surface area is 69.6 Å². The number of hydrogen-bond donors (Lipinski definition) is 1. The molecule has 11 heavy (non-hydrogen) atoms. The molecule has 1 unspecified atom stereocenters. The first kappa shape index (κ1) is 10.9. The Hall–Kier alpha value is -0.0800. The van der Waals surface area contributed by atoms with Gasteiger partial charge < -0.3 is 9.84 Å². The van der Waals surface area contributed by atoms with E-state index in [-0.39, 0.29) is 6.10 Å². The Morgan fingerprint density at radius 1 is 1.45 bits per heavy atom. The average Bonchev–Trinajstić information content (AvgIpc) is 1.89. The van der Waals surface area contributed by atoms with Crippen LogP contribution in [0.25, 0.3) is 0 Å². The molecule has 68 valence electrons. The number of ether oxygens (including phenoxy) is 1. The van der Waals surface area contributed by atoms with Gasteiger partial charge in [-0.3, -0.25) is 0 Å². The SMILES string of the molecule is CC.C[C@@H]1CC(C)(O)CCO1. The molecule has 1 rings (SSSR count). The highest BCUT2D eigenvalue weighted by atomic mass is 16.5. The zero-order chi connectivity index (χ0) is 8.91. The van der Waals surface area contributed by atoms with Crippen molar-refractivity contribution in [1.82, 2.24) is 0 Å². The summed E-state index contributed by atoms with van der Waals surface area (Å²) in [7, 11) is 0. The highest BCUT2D eigenvalue weighted by molar-refractivity contribution is 4.78. The third-order valence-electron chi connectivity index (χ3n) is 1.77. The molecule has 1 N–H and O–H groups in total. The van der Waals surface area contributed by atoms with Crippen molar-refractivity contribution in [1.29, 1.82) is 0 Å². The van der Waals surface area contributed by atoms with E-state index in [9.17, 15) is 5.11 Å². The first-order valence-electron chi connectivity index (χ1n) is 4.44. The fourth-order valence-electron chi connectivity index (χ4n) is 1.26. The van der Waals surface area contributed by atoms with Gasteiger partial charge in [-0.15, -0.1) is 0 Å². The van der Waals surface area contributed by atoms with E-state index >= 15 is 0 Å².